The number of fused-ring (bicyclic) bond motifs is 4. The summed E-state index contributed by atoms with van der Waals surface area (Å²) in [6.07, 6.45) is 10.6. The topological polar surface area (TPSA) is 73.6 Å². The van der Waals surface area contributed by atoms with Crippen LogP contribution in [0.2, 0.25) is 0 Å². The number of aryl methyl sites for hydroxylation is 1. The van der Waals surface area contributed by atoms with Gasteiger partial charge in [0.15, 0.2) is 0 Å². The quantitative estimate of drug-likeness (QED) is 0.665. The van der Waals surface area contributed by atoms with Crippen molar-refractivity contribution in [3.8, 4) is 11.4 Å². The molecular formula is C25H29N5O3. The van der Waals surface area contributed by atoms with Crippen LogP contribution < -0.4 is 10.1 Å². The molecule has 1 N–H and O–H groups in total. The number of carbonyl (C=O) groups is 1. The number of imidazole rings is 1. The van der Waals surface area contributed by atoms with E-state index in [-0.39, 0.29) is 17.0 Å². The van der Waals surface area contributed by atoms with E-state index < -0.39 is 0 Å². The first kappa shape index (κ1) is 20.4. The van der Waals surface area contributed by atoms with Crippen molar-refractivity contribution in [1.29, 1.82) is 0 Å². The van der Waals surface area contributed by atoms with E-state index in [0.717, 1.165) is 49.5 Å². The number of carbonyl (C=O) groups excluding carboxylic acids is 1. The molecule has 1 atom stereocenters. The molecule has 2 saturated heterocycles. The standard InChI is InChI=1S/C25H29N5O3/c1-32-19-4-5-21-20(15-19)27-25(22-3-2-10-30(21)22)16-24(33-17-25)7-12-29(13-8-24)23(31)6-11-28-14-9-26-18-28/h2-5,9-10,14-15,18,27H,6-8,11-13,16-17H2,1H3. The monoisotopic (exact) mass is 447 g/mol. The van der Waals surface area contributed by atoms with Gasteiger partial charge in [-0.1, -0.05) is 0 Å². The predicted molar refractivity (Wildman–Crippen MR) is 124 cm³/mol. The number of ether oxygens (including phenoxy) is 2. The largest absolute Gasteiger partial charge is 0.497 e. The van der Waals surface area contributed by atoms with Crippen LogP contribution in [0.25, 0.3) is 5.69 Å². The predicted octanol–water partition coefficient (Wildman–Crippen LogP) is 3.18. The molecule has 3 aliphatic rings. The van der Waals surface area contributed by atoms with Gasteiger partial charge in [-0.15, -0.1) is 0 Å². The molecule has 8 nitrogen and oxygen atoms in total. The van der Waals surface area contributed by atoms with Crippen LogP contribution in [0.1, 0.15) is 31.4 Å². The van der Waals surface area contributed by atoms with E-state index in [1.807, 2.05) is 21.7 Å². The van der Waals surface area contributed by atoms with E-state index in [1.54, 1.807) is 19.6 Å². The van der Waals surface area contributed by atoms with Gasteiger partial charge < -0.3 is 28.8 Å². The molecule has 1 unspecified atom stereocenters. The van der Waals surface area contributed by atoms with Crippen molar-refractivity contribution in [3.05, 3.63) is 60.9 Å². The van der Waals surface area contributed by atoms with Gasteiger partial charge in [-0.25, -0.2) is 4.98 Å². The van der Waals surface area contributed by atoms with E-state index >= 15 is 0 Å². The first-order valence-corrected chi connectivity index (χ1v) is 11.6. The first-order valence-electron chi connectivity index (χ1n) is 11.6. The maximum Gasteiger partial charge on any atom is 0.224 e. The molecule has 1 amide bonds. The molecule has 2 spiro atoms. The van der Waals surface area contributed by atoms with Gasteiger partial charge in [0.2, 0.25) is 5.91 Å². The summed E-state index contributed by atoms with van der Waals surface area (Å²) in [5.41, 5.74) is 2.93. The van der Waals surface area contributed by atoms with Gasteiger partial charge >= 0.3 is 0 Å². The molecule has 2 aromatic heterocycles. The zero-order valence-corrected chi connectivity index (χ0v) is 18.9. The number of hydrogen-bond donors (Lipinski definition) is 1. The lowest BCUT2D eigenvalue weighted by Crippen LogP contribution is -2.48. The summed E-state index contributed by atoms with van der Waals surface area (Å²) in [5, 5.41) is 3.82. The Balaban J connectivity index is 1.17. The van der Waals surface area contributed by atoms with Crippen LogP contribution in [0, 0.1) is 0 Å². The molecule has 0 bridgehead atoms. The minimum Gasteiger partial charge on any atom is -0.497 e. The molecule has 172 valence electrons. The summed E-state index contributed by atoms with van der Waals surface area (Å²) >= 11 is 0. The number of piperidine rings is 1. The second-order valence-corrected chi connectivity index (χ2v) is 9.43. The Kier molecular flexibility index (Phi) is 4.72. The number of anilines is 1. The highest BCUT2D eigenvalue weighted by Gasteiger charge is 2.54. The number of nitrogens with one attached hydrogen (secondary N) is 1. The van der Waals surface area contributed by atoms with Gasteiger partial charge in [-0.05, 0) is 37.1 Å². The lowest BCUT2D eigenvalue weighted by Gasteiger charge is -2.41. The van der Waals surface area contributed by atoms with E-state index in [4.69, 9.17) is 9.47 Å². The Hall–Kier alpha value is -3.26. The maximum absolute atomic E-state index is 12.7. The maximum atomic E-state index is 12.7. The third kappa shape index (κ3) is 3.40. The van der Waals surface area contributed by atoms with Gasteiger partial charge in [-0.2, -0.15) is 0 Å². The van der Waals surface area contributed by atoms with Crippen molar-refractivity contribution in [3.63, 3.8) is 0 Å². The Morgan fingerprint density at radius 1 is 1.24 bits per heavy atom. The molecule has 6 rings (SSSR count). The zero-order chi connectivity index (χ0) is 22.5. The number of likely N-dealkylation sites (tertiary alicyclic amines) is 1. The van der Waals surface area contributed by atoms with Crippen molar-refractivity contribution in [2.45, 2.75) is 43.4 Å². The van der Waals surface area contributed by atoms with E-state index in [1.165, 1.54) is 5.69 Å². The van der Waals surface area contributed by atoms with Crippen molar-refractivity contribution >= 4 is 11.6 Å². The summed E-state index contributed by atoms with van der Waals surface area (Å²) in [4.78, 5) is 18.8. The SMILES string of the molecule is COc1ccc2c(c1)NC1(COC3(CCN(C(=O)CCn4ccnc4)CC3)C1)c1cccn1-2. The molecule has 1 aromatic carbocycles. The molecule has 2 fully saturated rings. The van der Waals surface area contributed by atoms with Crippen LogP contribution in [0.4, 0.5) is 5.69 Å². The number of benzene rings is 1. The molecule has 8 heteroatoms. The smallest absolute Gasteiger partial charge is 0.224 e. The summed E-state index contributed by atoms with van der Waals surface area (Å²) < 4.78 is 16.2. The van der Waals surface area contributed by atoms with Crippen LogP contribution in [-0.4, -0.2) is 57.3 Å². The van der Waals surface area contributed by atoms with Gasteiger partial charge in [0.25, 0.3) is 0 Å². The summed E-state index contributed by atoms with van der Waals surface area (Å²) in [5.74, 6) is 1.04. The highest BCUT2D eigenvalue weighted by molar-refractivity contribution is 5.76. The van der Waals surface area contributed by atoms with Gasteiger partial charge in [-0.3, -0.25) is 4.79 Å². The average Bonchev–Trinajstić information content (AvgIpc) is 3.60. The average molecular weight is 448 g/mol. The summed E-state index contributed by atoms with van der Waals surface area (Å²) in [6, 6.07) is 10.4. The van der Waals surface area contributed by atoms with Crippen molar-refractivity contribution in [2.24, 2.45) is 0 Å². The second kappa shape index (κ2) is 7.66. The van der Waals surface area contributed by atoms with Gasteiger partial charge in [0.05, 0.1) is 42.7 Å². The molecule has 0 saturated carbocycles. The Bertz CT molecular complexity index is 1160. The molecular weight excluding hydrogens is 418 g/mol. The number of aromatic nitrogens is 3. The van der Waals surface area contributed by atoms with Crippen LogP contribution in [-0.2, 0) is 21.6 Å². The van der Waals surface area contributed by atoms with Crippen molar-refractivity contribution in [1.82, 2.24) is 19.0 Å². The number of methoxy groups -OCH3 is 1. The fourth-order valence-electron chi connectivity index (χ4n) is 5.71. The van der Waals surface area contributed by atoms with E-state index in [9.17, 15) is 4.79 Å². The van der Waals surface area contributed by atoms with Crippen molar-refractivity contribution in [2.75, 3.05) is 32.1 Å². The molecule has 3 aliphatic heterocycles. The number of rotatable bonds is 4. The molecule has 5 heterocycles. The van der Waals surface area contributed by atoms with Gasteiger partial charge in [0.1, 0.15) is 11.3 Å². The Morgan fingerprint density at radius 2 is 2.12 bits per heavy atom. The number of nitrogens with zero attached hydrogens (tertiary/aromatic N) is 4. The van der Waals surface area contributed by atoms with Crippen LogP contribution in [0.5, 0.6) is 5.75 Å². The fourth-order valence-corrected chi connectivity index (χ4v) is 5.71. The minimum atomic E-state index is -0.281. The van der Waals surface area contributed by atoms with Gasteiger partial charge in [0, 0.05) is 57.1 Å². The second-order valence-electron chi connectivity index (χ2n) is 9.43. The minimum absolute atomic E-state index is 0.206. The van der Waals surface area contributed by atoms with Crippen LogP contribution in [0.15, 0.2) is 55.2 Å². The third-order valence-corrected chi connectivity index (χ3v) is 7.50. The normalized spacial score (nSPS) is 22.8. The summed E-state index contributed by atoms with van der Waals surface area (Å²) in [6.45, 7) is 2.76. The Morgan fingerprint density at radius 3 is 2.91 bits per heavy atom. The number of hydrogen-bond acceptors (Lipinski definition) is 5. The molecule has 33 heavy (non-hydrogen) atoms. The lowest BCUT2D eigenvalue weighted by atomic mass is 9.79. The first-order chi connectivity index (χ1) is 16.1. The zero-order valence-electron chi connectivity index (χ0n) is 18.9. The highest BCUT2D eigenvalue weighted by Crippen LogP contribution is 2.50. The lowest BCUT2D eigenvalue weighted by molar-refractivity contribution is -0.136. The summed E-state index contributed by atoms with van der Waals surface area (Å²) in [7, 11) is 1.69. The van der Waals surface area contributed by atoms with Crippen molar-refractivity contribution < 1.29 is 14.3 Å². The third-order valence-electron chi connectivity index (χ3n) is 7.50. The van der Waals surface area contributed by atoms with Crippen LogP contribution >= 0.6 is 0 Å². The van der Waals surface area contributed by atoms with E-state index in [2.05, 4.69) is 45.3 Å². The highest BCUT2D eigenvalue weighted by atomic mass is 16.5. The molecule has 0 radical (unpaired) electrons. The molecule has 3 aromatic rings. The van der Waals surface area contributed by atoms with Crippen LogP contribution in [0.3, 0.4) is 0 Å². The molecule has 0 aliphatic carbocycles. The number of amides is 1. The fraction of sp³-hybridized carbons (Fsp3) is 0.440. The van der Waals surface area contributed by atoms with E-state index in [0.29, 0.717) is 19.6 Å². The Labute approximate surface area is 193 Å².